The Kier molecular flexibility index (Phi) is 5.38. The van der Waals surface area contributed by atoms with Crippen molar-refractivity contribution in [3.8, 4) is 11.5 Å². The first kappa shape index (κ1) is 15.9. The second-order valence-corrected chi connectivity index (χ2v) is 4.95. The van der Waals surface area contributed by atoms with E-state index in [9.17, 15) is 4.79 Å². The number of carbonyl (C=O) groups excluding carboxylic acids is 1. The van der Waals surface area contributed by atoms with E-state index in [1.807, 2.05) is 36.4 Å². The molecule has 0 saturated heterocycles. The summed E-state index contributed by atoms with van der Waals surface area (Å²) in [5.41, 5.74) is 13.0. The monoisotopic (exact) mass is 300 g/mol. The maximum atomic E-state index is 11.0. The molecular weight excluding hydrogens is 280 g/mol. The first-order valence-electron chi connectivity index (χ1n) is 6.98. The van der Waals surface area contributed by atoms with Gasteiger partial charge in [-0.1, -0.05) is 36.4 Å². The van der Waals surface area contributed by atoms with Gasteiger partial charge in [0.05, 0.1) is 7.11 Å². The zero-order valence-corrected chi connectivity index (χ0v) is 12.5. The summed E-state index contributed by atoms with van der Waals surface area (Å²) >= 11 is 0. The van der Waals surface area contributed by atoms with Gasteiger partial charge in [-0.2, -0.15) is 0 Å². The minimum atomic E-state index is -0.490. The average Bonchev–Trinajstić information content (AvgIpc) is 2.53. The number of nitrogens with two attached hydrogens (primary N) is 2. The van der Waals surface area contributed by atoms with E-state index in [-0.39, 0.29) is 6.42 Å². The van der Waals surface area contributed by atoms with Gasteiger partial charge in [-0.05, 0) is 11.6 Å². The van der Waals surface area contributed by atoms with Gasteiger partial charge in [0.1, 0.15) is 18.1 Å². The molecule has 22 heavy (non-hydrogen) atoms. The van der Waals surface area contributed by atoms with Crippen LogP contribution in [0.5, 0.6) is 11.5 Å². The van der Waals surface area contributed by atoms with Crippen molar-refractivity contribution in [2.75, 3.05) is 7.11 Å². The first-order valence-corrected chi connectivity index (χ1v) is 6.98. The number of rotatable bonds is 7. The van der Waals surface area contributed by atoms with Crippen molar-refractivity contribution < 1.29 is 14.3 Å². The first-order chi connectivity index (χ1) is 10.6. The third-order valence-electron chi connectivity index (χ3n) is 3.27. The van der Waals surface area contributed by atoms with Crippen LogP contribution in [-0.4, -0.2) is 13.0 Å². The molecule has 5 heteroatoms. The lowest BCUT2D eigenvalue weighted by Crippen LogP contribution is -2.21. The van der Waals surface area contributed by atoms with E-state index in [1.165, 1.54) is 0 Å². The Labute approximate surface area is 129 Å². The van der Waals surface area contributed by atoms with Crippen molar-refractivity contribution in [2.24, 2.45) is 11.5 Å². The van der Waals surface area contributed by atoms with Crippen LogP contribution < -0.4 is 20.9 Å². The summed E-state index contributed by atoms with van der Waals surface area (Å²) in [6.07, 6.45) is 0.0700. The molecule has 4 N–H and O–H groups in total. The van der Waals surface area contributed by atoms with E-state index < -0.39 is 11.9 Å². The van der Waals surface area contributed by atoms with Crippen LogP contribution >= 0.6 is 0 Å². The lowest BCUT2D eigenvalue weighted by atomic mass is 10.0. The van der Waals surface area contributed by atoms with Crippen LogP contribution in [0.3, 0.4) is 0 Å². The fourth-order valence-electron chi connectivity index (χ4n) is 2.16. The smallest absolute Gasteiger partial charge is 0.219 e. The number of methoxy groups -OCH3 is 1. The Morgan fingerprint density at radius 3 is 2.55 bits per heavy atom. The summed E-state index contributed by atoms with van der Waals surface area (Å²) in [5, 5.41) is 0. The summed E-state index contributed by atoms with van der Waals surface area (Å²) in [6, 6.07) is 14.8. The number of hydrogen-bond donors (Lipinski definition) is 2. The molecule has 0 aromatic heterocycles. The van der Waals surface area contributed by atoms with Crippen LogP contribution in [0.25, 0.3) is 0 Å². The quantitative estimate of drug-likeness (QED) is 0.820. The minimum Gasteiger partial charge on any atom is -0.496 e. The Balaban J connectivity index is 2.09. The topological polar surface area (TPSA) is 87.6 Å². The molecule has 0 fully saturated rings. The second kappa shape index (κ2) is 7.47. The molecule has 0 saturated carbocycles. The summed E-state index contributed by atoms with van der Waals surface area (Å²) in [5.74, 6) is 0.814. The van der Waals surface area contributed by atoms with E-state index in [0.717, 1.165) is 11.1 Å². The zero-order chi connectivity index (χ0) is 15.9. The van der Waals surface area contributed by atoms with Crippen molar-refractivity contribution in [3.63, 3.8) is 0 Å². The molecule has 2 aromatic carbocycles. The highest BCUT2D eigenvalue weighted by Crippen LogP contribution is 2.30. The highest BCUT2D eigenvalue weighted by atomic mass is 16.5. The summed E-state index contributed by atoms with van der Waals surface area (Å²) < 4.78 is 11.1. The van der Waals surface area contributed by atoms with Crippen molar-refractivity contribution in [3.05, 3.63) is 59.7 Å². The standard InChI is InChI=1S/C17H20N2O3/c1-21-16-9-13(22-11-12-5-3-2-4-6-12)7-8-14(16)15(18)10-17(19)20/h2-9,15H,10-11,18H2,1H3,(H2,19,20). The molecule has 0 radical (unpaired) electrons. The summed E-state index contributed by atoms with van der Waals surface area (Å²) in [4.78, 5) is 11.0. The molecule has 5 nitrogen and oxygen atoms in total. The molecule has 1 atom stereocenters. The van der Waals surface area contributed by atoms with Gasteiger partial charge in [-0.25, -0.2) is 0 Å². The molecule has 2 rings (SSSR count). The Morgan fingerprint density at radius 1 is 1.18 bits per heavy atom. The van der Waals surface area contributed by atoms with Crippen LogP contribution in [0, 0.1) is 0 Å². The highest BCUT2D eigenvalue weighted by Gasteiger charge is 2.15. The lowest BCUT2D eigenvalue weighted by Gasteiger charge is -2.16. The van der Waals surface area contributed by atoms with E-state index in [2.05, 4.69) is 0 Å². The van der Waals surface area contributed by atoms with Gasteiger partial charge in [-0.3, -0.25) is 4.79 Å². The zero-order valence-electron chi connectivity index (χ0n) is 12.5. The molecule has 0 spiro atoms. The highest BCUT2D eigenvalue weighted by molar-refractivity contribution is 5.74. The number of primary amides is 1. The molecular formula is C17H20N2O3. The number of hydrogen-bond acceptors (Lipinski definition) is 4. The Hall–Kier alpha value is -2.53. The van der Waals surface area contributed by atoms with Crippen LogP contribution in [0.4, 0.5) is 0 Å². The average molecular weight is 300 g/mol. The fourth-order valence-corrected chi connectivity index (χ4v) is 2.16. The largest absolute Gasteiger partial charge is 0.496 e. The number of carbonyl (C=O) groups is 1. The van der Waals surface area contributed by atoms with Crippen molar-refractivity contribution in [1.29, 1.82) is 0 Å². The number of benzene rings is 2. The molecule has 1 amide bonds. The van der Waals surface area contributed by atoms with Gasteiger partial charge < -0.3 is 20.9 Å². The maximum absolute atomic E-state index is 11.0. The molecule has 0 aliphatic carbocycles. The van der Waals surface area contributed by atoms with Crippen LogP contribution in [0.15, 0.2) is 48.5 Å². The van der Waals surface area contributed by atoms with Gasteiger partial charge in [0.15, 0.2) is 0 Å². The Morgan fingerprint density at radius 2 is 1.91 bits per heavy atom. The van der Waals surface area contributed by atoms with Crippen LogP contribution in [0.1, 0.15) is 23.6 Å². The summed E-state index contributed by atoms with van der Waals surface area (Å²) in [6.45, 7) is 0.469. The fraction of sp³-hybridized carbons (Fsp3) is 0.235. The van der Waals surface area contributed by atoms with Gasteiger partial charge in [0.25, 0.3) is 0 Å². The molecule has 0 heterocycles. The number of amides is 1. The third kappa shape index (κ3) is 4.23. The van der Waals surface area contributed by atoms with E-state index >= 15 is 0 Å². The molecule has 0 aliphatic rings. The van der Waals surface area contributed by atoms with Gasteiger partial charge >= 0.3 is 0 Å². The predicted octanol–water partition coefficient (Wildman–Crippen LogP) is 2.15. The number of ether oxygens (including phenoxy) is 2. The van der Waals surface area contributed by atoms with Crippen LogP contribution in [0.2, 0.25) is 0 Å². The molecule has 0 aliphatic heterocycles. The second-order valence-electron chi connectivity index (χ2n) is 4.95. The van der Waals surface area contributed by atoms with E-state index in [4.69, 9.17) is 20.9 Å². The third-order valence-corrected chi connectivity index (χ3v) is 3.27. The van der Waals surface area contributed by atoms with Gasteiger partial charge in [-0.15, -0.1) is 0 Å². The minimum absolute atomic E-state index is 0.0700. The van der Waals surface area contributed by atoms with Crippen LogP contribution in [-0.2, 0) is 11.4 Å². The van der Waals surface area contributed by atoms with E-state index in [0.29, 0.717) is 18.1 Å². The lowest BCUT2D eigenvalue weighted by molar-refractivity contribution is -0.118. The van der Waals surface area contributed by atoms with Gasteiger partial charge in [0.2, 0.25) is 5.91 Å². The van der Waals surface area contributed by atoms with Crippen molar-refractivity contribution in [2.45, 2.75) is 19.1 Å². The molecule has 1 unspecified atom stereocenters. The SMILES string of the molecule is COc1cc(OCc2ccccc2)ccc1C(N)CC(N)=O. The maximum Gasteiger partial charge on any atom is 0.219 e. The van der Waals surface area contributed by atoms with Gasteiger partial charge in [0, 0.05) is 24.1 Å². The van der Waals surface area contributed by atoms with Crippen molar-refractivity contribution >= 4 is 5.91 Å². The molecule has 2 aromatic rings. The Bertz CT molecular complexity index is 629. The molecule has 116 valence electrons. The predicted molar refractivity (Wildman–Crippen MR) is 84.5 cm³/mol. The van der Waals surface area contributed by atoms with E-state index in [1.54, 1.807) is 19.2 Å². The van der Waals surface area contributed by atoms with Crippen molar-refractivity contribution in [1.82, 2.24) is 0 Å². The summed E-state index contributed by atoms with van der Waals surface area (Å²) in [7, 11) is 1.55. The molecule has 0 bridgehead atoms. The normalized spacial score (nSPS) is 11.7.